The van der Waals surface area contributed by atoms with E-state index >= 15 is 0 Å². The first-order valence-electron chi connectivity index (χ1n) is 11.0. The van der Waals surface area contributed by atoms with Gasteiger partial charge in [-0.2, -0.15) is 0 Å². The third-order valence-electron chi connectivity index (χ3n) is 6.64. The largest absolute Gasteiger partial charge is 0.360 e. The Bertz CT molecular complexity index is 1300. The molecule has 1 atom stereocenters. The Labute approximate surface area is 180 Å². The van der Waals surface area contributed by atoms with Crippen LogP contribution in [0, 0.1) is 6.92 Å². The summed E-state index contributed by atoms with van der Waals surface area (Å²) in [5.74, 6) is 0.813. The highest BCUT2D eigenvalue weighted by Gasteiger charge is 2.38. The number of H-pyrrole nitrogens is 1. The second kappa shape index (κ2) is 7.08. The van der Waals surface area contributed by atoms with Crippen molar-refractivity contribution < 1.29 is 9.32 Å². The Hall–Kier alpha value is -3.41. The first-order chi connectivity index (χ1) is 15.2. The second-order valence-corrected chi connectivity index (χ2v) is 8.56. The number of carbonyl (C=O) groups excluding carboxylic acids is 1. The molecule has 0 bridgehead atoms. The summed E-state index contributed by atoms with van der Waals surface area (Å²) in [5.41, 5.74) is 6.70. The van der Waals surface area contributed by atoms with Crippen molar-refractivity contribution in [2.75, 3.05) is 6.54 Å². The fourth-order valence-electron chi connectivity index (χ4n) is 5.17. The van der Waals surface area contributed by atoms with Gasteiger partial charge in [-0.1, -0.05) is 29.4 Å². The lowest BCUT2D eigenvalue weighted by Crippen LogP contribution is -2.41. The maximum Gasteiger partial charge on any atom is 0.277 e. The lowest BCUT2D eigenvalue weighted by Gasteiger charge is -2.35. The SMILES string of the molecule is Cc1cccc([C@@H]2c3[nH]c4ccccc4c3CCN2C(=O)c2noc3c2CCCC3)n1. The van der Waals surface area contributed by atoms with E-state index in [1.54, 1.807) is 0 Å². The lowest BCUT2D eigenvalue weighted by molar-refractivity contribution is 0.0677. The number of rotatable bonds is 2. The predicted octanol–water partition coefficient (Wildman–Crippen LogP) is 4.53. The number of hydrogen-bond donors (Lipinski definition) is 1. The molecule has 0 radical (unpaired) electrons. The van der Waals surface area contributed by atoms with E-state index in [-0.39, 0.29) is 11.9 Å². The Morgan fingerprint density at radius 1 is 1.06 bits per heavy atom. The van der Waals surface area contributed by atoms with Gasteiger partial charge in [-0.3, -0.25) is 9.78 Å². The summed E-state index contributed by atoms with van der Waals surface area (Å²) in [5, 5.41) is 5.44. The van der Waals surface area contributed by atoms with Crippen molar-refractivity contribution >= 4 is 16.8 Å². The molecule has 6 heteroatoms. The monoisotopic (exact) mass is 412 g/mol. The van der Waals surface area contributed by atoms with E-state index in [0.29, 0.717) is 12.2 Å². The number of aryl methyl sites for hydroxylation is 2. The molecule has 0 fully saturated rings. The molecule has 4 heterocycles. The molecule has 1 amide bonds. The highest BCUT2D eigenvalue weighted by Crippen LogP contribution is 2.39. The second-order valence-electron chi connectivity index (χ2n) is 8.56. The molecule has 3 aromatic heterocycles. The van der Waals surface area contributed by atoms with Crippen LogP contribution in [0.4, 0.5) is 0 Å². The quantitative estimate of drug-likeness (QED) is 0.525. The van der Waals surface area contributed by atoms with Crippen molar-refractivity contribution in [3.8, 4) is 0 Å². The summed E-state index contributed by atoms with van der Waals surface area (Å²) in [4.78, 5) is 24.1. The number of aromatic nitrogens is 3. The fraction of sp³-hybridized carbons (Fsp3) is 0.320. The van der Waals surface area contributed by atoms with E-state index in [4.69, 9.17) is 9.51 Å². The number of hydrogen-bond acceptors (Lipinski definition) is 4. The van der Waals surface area contributed by atoms with Gasteiger partial charge in [-0.05, 0) is 56.4 Å². The molecule has 6 rings (SSSR count). The minimum atomic E-state index is -0.278. The van der Waals surface area contributed by atoms with Crippen LogP contribution < -0.4 is 0 Å². The van der Waals surface area contributed by atoms with Crippen LogP contribution in [-0.2, 0) is 19.3 Å². The molecular formula is C25H24N4O2. The number of amides is 1. The Kier molecular flexibility index (Phi) is 4.19. The number of benzene rings is 1. The van der Waals surface area contributed by atoms with Gasteiger partial charge in [0.1, 0.15) is 11.8 Å². The van der Waals surface area contributed by atoms with E-state index < -0.39 is 0 Å². The summed E-state index contributed by atoms with van der Waals surface area (Å²) in [6.45, 7) is 2.61. The summed E-state index contributed by atoms with van der Waals surface area (Å²) in [6, 6.07) is 14.1. The molecule has 0 spiro atoms. The number of para-hydroxylation sites is 1. The van der Waals surface area contributed by atoms with Crippen LogP contribution in [0.1, 0.15) is 63.3 Å². The van der Waals surface area contributed by atoms with E-state index in [9.17, 15) is 4.79 Å². The van der Waals surface area contributed by atoms with Crippen molar-refractivity contribution in [2.45, 2.75) is 45.1 Å². The number of aromatic amines is 1. The number of nitrogens with one attached hydrogen (secondary N) is 1. The van der Waals surface area contributed by atoms with E-state index in [1.807, 2.05) is 36.1 Å². The van der Waals surface area contributed by atoms with Crippen LogP contribution in [0.2, 0.25) is 0 Å². The summed E-state index contributed by atoms with van der Waals surface area (Å²) < 4.78 is 5.56. The summed E-state index contributed by atoms with van der Waals surface area (Å²) >= 11 is 0. The smallest absolute Gasteiger partial charge is 0.277 e. The molecule has 156 valence electrons. The molecule has 1 aromatic carbocycles. The number of nitrogens with zero attached hydrogens (tertiary/aromatic N) is 3. The topological polar surface area (TPSA) is 75.0 Å². The number of pyridine rings is 1. The summed E-state index contributed by atoms with van der Waals surface area (Å²) in [7, 11) is 0. The van der Waals surface area contributed by atoms with Crippen molar-refractivity contribution in [1.82, 2.24) is 20.0 Å². The molecule has 1 N–H and O–H groups in total. The Morgan fingerprint density at radius 3 is 2.84 bits per heavy atom. The standard InChI is InChI=1S/C25H24N4O2/c1-15-7-6-11-20(26-15)24-22-17(16-8-2-4-10-19(16)27-22)13-14-29(24)25(30)23-18-9-3-5-12-21(18)31-28-23/h2,4,6-8,10-11,24,27H,3,5,9,12-14H2,1H3/t24-/m1/s1. The van der Waals surface area contributed by atoms with Crippen LogP contribution in [0.3, 0.4) is 0 Å². The van der Waals surface area contributed by atoms with E-state index in [1.165, 1.54) is 10.9 Å². The van der Waals surface area contributed by atoms with Crippen molar-refractivity contribution in [3.63, 3.8) is 0 Å². The van der Waals surface area contributed by atoms with Gasteiger partial charge in [0.25, 0.3) is 5.91 Å². The normalized spacial score (nSPS) is 18.1. The third kappa shape index (κ3) is 2.89. The fourth-order valence-corrected chi connectivity index (χ4v) is 5.17. The van der Waals surface area contributed by atoms with Gasteiger partial charge >= 0.3 is 0 Å². The molecule has 0 saturated heterocycles. The molecule has 1 aliphatic carbocycles. The van der Waals surface area contributed by atoms with Gasteiger partial charge in [-0.15, -0.1) is 0 Å². The highest BCUT2D eigenvalue weighted by molar-refractivity contribution is 5.95. The number of carbonyl (C=O) groups is 1. The lowest BCUT2D eigenvalue weighted by atomic mass is 9.92. The van der Waals surface area contributed by atoms with Gasteiger partial charge < -0.3 is 14.4 Å². The molecule has 2 aliphatic rings. The zero-order chi connectivity index (χ0) is 20.9. The molecule has 0 unspecified atom stereocenters. The first kappa shape index (κ1) is 18.4. The van der Waals surface area contributed by atoms with Crippen LogP contribution in [0.15, 0.2) is 47.0 Å². The molecular weight excluding hydrogens is 388 g/mol. The molecule has 31 heavy (non-hydrogen) atoms. The maximum atomic E-state index is 13.8. The zero-order valence-electron chi connectivity index (χ0n) is 17.5. The maximum absolute atomic E-state index is 13.8. The molecule has 6 nitrogen and oxygen atoms in total. The average molecular weight is 412 g/mol. The van der Waals surface area contributed by atoms with Gasteiger partial charge in [-0.25, -0.2) is 0 Å². The van der Waals surface area contributed by atoms with Crippen LogP contribution in [0.5, 0.6) is 0 Å². The van der Waals surface area contributed by atoms with Crippen molar-refractivity contribution in [3.05, 3.63) is 82.1 Å². The molecule has 1 aliphatic heterocycles. The van der Waals surface area contributed by atoms with Gasteiger partial charge in [0, 0.05) is 40.8 Å². The highest BCUT2D eigenvalue weighted by atomic mass is 16.5. The zero-order valence-corrected chi connectivity index (χ0v) is 17.5. The predicted molar refractivity (Wildman–Crippen MR) is 117 cm³/mol. The molecule has 0 saturated carbocycles. The Balaban J connectivity index is 1.50. The third-order valence-corrected chi connectivity index (χ3v) is 6.64. The number of fused-ring (bicyclic) bond motifs is 4. The average Bonchev–Trinajstić information content (AvgIpc) is 3.39. The van der Waals surface area contributed by atoms with Crippen LogP contribution in [-0.4, -0.2) is 32.5 Å². The van der Waals surface area contributed by atoms with Gasteiger partial charge in [0.05, 0.1) is 5.69 Å². The van der Waals surface area contributed by atoms with Crippen molar-refractivity contribution in [1.29, 1.82) is 0 Å². The van der Waals surface area contributed by atoms with E-state index in [0.717, 1.165) is 66.0 Å². The van der Waals surface area contributed by atoms with E-state index in [2.05, 4.69) is 28.3 Å². The minimum Gasteiger partial charge on any atom is -0.360 e. The Morgan fingerprint density at radius 2 is 1.94 bits per heavy atom. The molecule has 4 aromatic rings. The van der Waals surface area contributed by atoms with Gasteiger partial charge in [0.15, 0.2) is 5.69 Å². The summed E-state index contributed by atoms with van der Waals surface area (Å²) in [6.07, 6.45) is 4.69. The van der Waals surface area contributed by atoms with Gasteiger partial charge in [0.2, 0.25) is 0 Å². The first-order valence-corrected chi connectivity index (χ1v) is 11.0. The van der Waals surface area contributed by atoms with Crippen LogP contribution in [0.25, 0.3) is 10.9 Å². The van der Waals surface area contributed by atoms with Crippen molar-refractivity contribution in [2.24, 2.45) is 0 Å². The van der Waals surface area contributed by atoms with Crippen LogP contribution >= 0.6 is 0 Å². The minimum absolute atomic E-state index is 0.0653.